The number of rotatable bonds is 12. The molecule has 1 heterocycles. The molecule has 0 saturated heterocycles. The van der Waals surface area contributed by atoms with Crippen molar-refractivity contribution in [3.05, 3.63) is 41.8 Å². The fourth-order valence-corrected chi connectivity index (χ4v) is 3.08. The average Bonchev–Trinajstić information content (AvgIpc) is 3.16. The molecule has 0 bridgehead atoms. The van der Waals surface area contributed by atoms with Crippen LogP contribution in [0.3, 0.4) is 0 Å². The largest absolute Gasteiger partial charge is 0.481 e. The van der Waals surface area contributed by atoms with E-state index in [1.807, 2.05) is 27.7 Å². The molecule has 0 radical (unpaired) electrons. The van der Waals surface area contributed by atoms with Gasteiger partial charge in [0.1, 0.15) is 18.1 Å². The van der Waals surface area contributed by atoms with Crippen LogP contribution in [0.5, 0.6) is 5.88 Å². The quantitative estimate of drug-likeness (QED) is 0.441. The summed E-state index contributed by atoms with van der Waals surface area (Å²) in [5.74, 6) is -1.96. The number of benzene rings is 1. The zero-order valence-electron chi connectivity index (χ0n) is 19.8. The number of para-hydroxylation sites is 1. The summed E-state index contributed by atoms with van der Waals surface area (Å²) < 4.78 is 21.4. The highest BCUT2D eigenvalue weighted by molar-refractivity contribution is 5.93. The van der Waals surface area contributed by atoms with Gasteiger partial charge in [0.25, 0.3) is 5.91 Å². The standard InChI is InChI=1S/C24H34FN3O5/c1-6-16(4)11-17(12-22(29)30)26-23(31)19-13-21(33-14-24(5,32)15(2)3)28(27-19)20-10-8-7-9-18(20)25/h7-10,13,15-17,32H,6,11-12,14H2,1-5H3,(H,26,31)(H,29,30)/t16?,17?,24-/m1/s1. The van der Waals surface area contributed by atoms with Crippen molar-refractivity contribution in [3.8, 4) is 11.6 Å². The summed E-state index contributed by atoms with van der Waals surface area (Å²) in [5.41, 5.74) is -1.12. The molecule has 1 aromatic heterocycles. The molecule has 182 valence electrons. The van der Waals surface area contributed by atoms with Gasteiger partial charge in [-0.25, -0.2) is 4.39 Å². The number of ether oxygens (including phenoxy) is 1. The number of nitrogens with one attached hydrogen (secondary N) is 1. The molecule has 9 heteroatoms. The van der Waals surface area contributed by atoms with Crippen LogP contribution in [0, 0.1) is 17.7 Å². The first-order valence-corrected chi connectivity index (χ1v) is 11.2. The van der Waals surface area contributed by atoms with Gasteiger partial charge in [0.05, 0.1) is 12.0 Å². The second-order valence-electron chi connectivity index (χ2n) is 9.05. The normalized spacial score (nSPS) is 15.0. The van der Waals surface area contributed by atoms with Crippen LogP contribution >= 0.6 is 0 Å². The molecular weight excluding hydrogens is 429 g/mol. The van der Waals surface area contributed by atoms with E-state index in [0.717, 1.165) is 6.42 Å². The molecule has 0 aliphatic carbocycles. The van der Waals surface area contributed by atoms with Gasteiger partial charge >= 0.3 is 5.97 Å². The Morgan fingerprint density at radius 2 is 1.94 bits per heavy atom. The molecule has 33 heavy (non-hydrogen) atoms. The van der Waals surface area contributed by atoms with Gasteiger partial charge in [-0.3, -0.25) is 9.59 Å². The maximum atomic E-state index is 14.5. The van der Waals surface area contributed by atoms with Crippen molar-refractivity contribution in [1.29, 1.82) is 0 Å². The molecule has 3 N–H and O–H groups in total. The minimum absolute atomic E-state index is 0.0445. The Labute approximate surface area is 193 Å². The number of carbonyl (C=O) groups is 2. The zero-order valence-corrected chi connectivity index (χ0v) is 19.8. The monoisotopic (exact) mass is 463 g/mol. The Morgan fingerprint density at radius 3 is 2.52 bits per heavy atom. The molecular formula is C24H34FN3O5. The molecule has 2 rings (SSSR count). The van der Waals surface area contributed by atoms with Crippen molar-refractivity contribution >= 4 is 11.9 Å². The van der Waals surface area contributed by atoms with Gasteiger partial charge in [-0.05, 0) is 37.3 Å². The van der Waals surface area contributed by atoms with E-state index >= 15 is 0 Å². The van der Waals surface area contributed by atoms with Crippen molar-refractivity contribution in [2.75, 3.05) is 6.61 Å². The summed E-state index contributed by atoms with van der Waals surface area (Å²) in [7, 11) is 0. The highest BCUT2D eigenvalue weighted by atomic mass is 19.1. The predicted octanol–water partition coefficient (Wildman–Crippen LogP) is 3.81. The van der Waals surface area contributed by atoms with E-state index in [1.54, 1.807) is 13.0 Å². The first kappa shape index (κ1) is 26.3. The number of carboxylic acids is 1. The Balaban J connectivity index is 2.35. The summed E-state index contributed by atoms with van der Waals surface area (Å²) in [6.45, 7) is 9.20. The van der Waals surface area contributed by atoms with Crippen LogP contribution in [0.25, 0.3) is 5.69 Å². The number of hydrogen-bond acceptors (Lipinski definition) is 5. The number of amides is 1. The van der Waals surface area contributed by atoms with Crippen molar-refractivity contribution in [1.82, 2.24) is 15.1 Å². The smallest absolute Gasteiger partial charge is 0.305 e. The van der Waals surface area contributed by atoms with Crippen LogP contribution in [0.1, 0.15) is 64.4 Å². The Hall–Kier alpha value is -2.94. The molecule has 0 aliphatic rings. The molecule has 1 amide bonds. The first-order chi connectivity index (χ1) is 15.4. The van der Waals surface area contributed by atoms with E-state index in [0.29, 0.717) is 6.42 Å². The molecule has 0 spiro atoms. The Bertz CT molecular complexity index is 957. The third kappa shape index (κ3) is 7.28. The van der Waals surface area contributed by atoms with Gasteiger partial charge in [0.15, 0.2) is 5.69 Å². The number of halogens is 1. The topological polar surface area (TPSA) is 114 Å². The van der Waals surface area contributed by atoms with Gasteiger partial charge < -0.3 is 20.3 Å². The molecule has 2 aromatic rings. The van der Waals surface area contributed by atoms with E-state index in [-0.39, 0.29) is 42.1 Å². The number of aromatic nitrogens is 2. The summed E-state index contributed by atoms with van der Waals surface area (Å²) in [6.07, 6.45) is 1.13. The minimum Gasteiger partial charge on any atom is -0.481 e. The van der Waals surface area contributed by atoms with Gasteiger partial charge in [-0.2, -0.15) is 9.78 Å². The van der Waals surface area contributed by atoms with E-state index in [2.05, 4.69) is 10.4 Å². The summed E-state index contributed by atoms with van der Waals surface area (Å²) in [5, 5.41) is 26.7. The lowest BCUT2D eigenvalue weighted by Crippen LogP contribution is -2.38. The zero-order chi connectivity index (χ0) is 24.8. The lowest BCUT2D eigenvalue weighted by molar-refractivity contribution is -0.137. The fourth-order valence-electron chi connectivity index (χ4n) is 3.08. The first-order valence-electron chi connectivity index (χ1n) is 11.2. The van der Waals surface area contributed by atoms with Gasteiger partial charge in [-0.1, -0.05) is 46.2 Å². The molecule has 8 nitrogen and oxygen atoms in total. The van der Waals surface area contributed by atoms with Crippen LogP contribution in [0.2, 0.25) is 0 Å². The number of hydrogen-bond donors (Lipinski definition) is 3. The van der Waals surface area contributed by atoms with E-state index in [1.165, 1.54) is 28.9 Å². The summed E-state index contributed by atoms with van der Waals surface area (Å²) >= 11 is 0. The average molecular weight is 464 g/mol. The third-order valence-electron chi connectivity index (χ3n) is 5.89. The summed E-state index contributed by atoms with van der Waals surface area (Å²) in [6, 6.07) is 6.70. The lowest BCUT2D eigenvalue weighted by atomic mass is 9.94. The van der Waals surface area contributed by atoms with Crippen LogP contribution < -0.4 is 10.1 Å². The maximum Gasteiger partial charge on any atom is 0.305 e. The summed E-state index contributed by atoms with van der Waals surface area (Å²) in [4.78, 5) is 24.2. The van der Waals surface area contributed by atoms with Gasteiger partial charge in [-0.15, -0.1) is 0 Å². The van der Waals surface area contributed by atoms with Gasteiger partial charge in [0.2, 0.25) is 5.88 Å². The van der Waals surface area contributed by atoms with E-state index in [9.17, 15) is 24.2 Å². The predicted molar refractivity (Wildman–Crippen MR) is 122 cm³/mol. The Morgan fingerprint density at radius 1 is 1.27 bits per heavy atom. The number of nitrogens with zero attached hydrogens (tertiary/aromatic N) is 2. The molecule has 0 saturated carbocycles. The molecule has 0 aliphatic heterocycles. The molecule has 0 fully saturated rings. The molecule has 3 atom stereocenters. The SMILES string of the molecule is CCC(C)CC(CC(=O)O)NC(=O)c1cc(OC[C@@](C)(O)C(C)C)n(-c2ccccc2F)n1. The number of carboxylic acid groups (broad SMARTS) is 1. The van der Waals surface area contributed by atoms with Crippen molar-refractivity contribution in [3.63, 3.8) is 0 Å². The number of carbonyl (C=O) groups excluding carboxylic acids is 1. The Kier molecular flexibility index (Phi) is 8.99. The van der Waals surface area contributed by atoms with E-state index < -0.39 is 29.3 Å². The minimum atomic E-state index is -1.16. The number of aliphatic carboxylic acids is 1. The van der Waals surface area contributed by atoms with Crippen molar-refractivity contribution < 1.29 is 28.9 Å². The fraction of sp³-hybridized carbons (Fsp3) is 0.542. The molecule has 2 unspecified atom stereocenters. The second-order valence-corrected chi connectivity index (χ2v) is 9.05. The lowest BCUT2D eigenvalue weighted by Gasteiger charge is -2.27. The van der Waals surface area contributed by atoms with Crippen LogP contribution in [-0.2, 0) is 4.79 Å². The molecule has 1 aromatic carbocycles. The maximum absolute atomic E-state index is 14.5. The van der Waals surface area contributed by atoms with Crippen molar-refractivity contribution in [2.45, 2.75) is 65.5 Å². The van der Waals surface area contributed by atoms with Crippen LogP contribution in [0.4, 0.5) is 4.39 Å². The van der Waals surface area contributed by atoms with Gasteiger partial charge in [0, 0.05) is 12.1 Å². The number of aliphatic hydroxyl groups is 1. The third-order valence-corrected chi connectivity index (χ3v) is 5.89. The van der Waals surface area contributed by atoms with Crippen molar-refractivity contribution in [2.24, 2.45) is 11.8 Å². The second kappa shape index (κ2) is 11.3. The highest BCUT2D eigenvalue weighted by Gasteiger charge is 2.28. The highest BCUT2D eigenvalue weighted by Crippen LogP contribution is 2.25. The van der Waals surface area contributed by atoms with Crippen LogP contribution in [-0.4, -0.2) is 50.1 Å². The van der Waals surface area contributed by atoms with E-state index in [4.69, 9.17) is 4.74 Å². The van der Waals surface area contributed by atoms with Crippen LogP contribution in [0.15, 0.2) is 30.3 Å².